The van der Waals surface area contributed by atoms with E-state index in [2.05, 4.69) is 21.7 Å². The number of ether oxygens (including phenoxy) is 1. The van der Waals surface area contributed by atoms with E-state index in [0.29, 0.717) is 19.1 Å². The van der Waals surface area contributed by atoms with Gasteiger partial charge in [-0.2, -0.15) is 0 Å². The predicted molar refractivity (Wildman–Crippen MR) is 74.9 cm³/mol. The summed E-state index contributed by atoms with van der Waals surface area (Å²) in [5.41, 5.74) is 0. The number of methoxy groups -OCH3 is 1. The number of aromatic nitrogens is 2. The average Bonchev–Trinajstić information content (AvgIpc) is 3.07. The molecule has 0 spiro atoms. The molecule has 1 unspecified atom stereocenters. The van der Waals surface area contributed by atoms with Gasteiger partial charge in [-0.3, -0.25) is 4.79 Å². The van der Waals surface area contributed by atoms with E-state index in [9.17, 15) is 4.79 Å². The lowest BCUT2D eigenvalue weighted by molar-refractivity contribution is -0.136. The minimum absolute atomic E-state index is 0.125. The van der Waals surface area contributed by atoms with Gasteiger partial charge in [-0.1, -0.05) is 12.2 Å². The Morgan fingerprint density at radius 3 is 2.95 bits per heavy atom. The third-order valence-corrected chi connectivity index (χ3v) is 4.14. The lowest BCUT2D eigenvalue weighted by Gasteiger charge is -2.26. The number of amides is 1. The van der Waals surface area contributed by atoms with Crippen LogP contribution in [0.5, 0.6) is 0 Å². The topological polar surface area (TPSA) is 47.4 Å². The molecule has 0 bridgehead atoms. The Balaban J connectivity index is 1.77. The van der Waals surface area contributed by atoms with Crippen molar-refractivity contribution in [3.05, 3.63) is 30.4 Å². The third kappa shape index (κ3) is 2.63. The van der Waals surface area contributed by atoms with Crippen LogP contribution in [0.15, 0.2) is 24.5 Å². The van der Waals surface area contributed by atoms with Crippen LogP contribution in [0.2, 0.25) is 0 Å². The van der Waals surface area contributed by atoms with E-state index < -0.39 is 0 Å². The second-order valence-electron chi connectivity index (χ2n) is 5.68. The highest BCUT2D eigenvalue weighted by Gasteiger charge is 2.30. The van der Waals surface area contributed by atoms with Crippen LogP contribution < -0.4 is 0 Å². The molecule has 1 aliphatic heterocycles. The molecule has 1 atom stereocenters. The maximum Gasteiger partial charge on any atom is 0.226 e. The largest absolute Gasteiger partial charge is 0.384 e. The van der Waals surface area contributed by atoms with Crippen molar-refractivity contribution in [2.24, 2.45) is 11.8 Å². The van der Waals surface area contributed by atoms with Gasteiger partial charge in [0.25, 0.3) is 0 Å². The molecule has 1 amide bonds. The first kappa shape index (κ1) is 13.4. The Bertz CT molecular complexity index is 501. The molecule has 1 aromatic heterocycles. The number of carbonyl (C=O) groups excluding carboxylic acids is 1. The van der Waals surface area contributed by atoms with Crippen molar-refractivity contribution in [2.75, 3.05) is 20.3 Å². The fourth-order valence-electron chi connectivity index (χ4n) is 3.13. The minimum atomic E-state index is 0.125. The number of carbonyl (C=O) groups is 1. The standard InChI is InChI=1S/C15H21N3O2/c1-20-11-12-8-17-7-6-16-14(17)10-18(9-12)15(19)13-4-2-3-5-13/h2-3,6-7,12-13H,4-5,8-11H2,1H3. The molecular weight excluding hydrogens is 254 g/mol. The van der Waals surface area contributed by atoms with Crippen LogP contribution in [0.1, 0.15) is 18.7 Å². The summed E-state index contributed by atoms with van der Waals surface area (Å²) in [7, 11) is 1.72. The molecule has 0 saturated heterocycles. The van der Waals surface area contributed by atoms with Crippen molar-refractivity contribution in [2.45, 2.75) is 25.9 Å². The summed E-state index contributed by atoms with van der Waals surface area (Å²) in [6.07, 6.45) is 9.76. The van der Waals surface area contributed by atoms with Gasteiger partial charge < -0.3 is 14.2 Å². The quantitative estimate of drug-likeness (QED) is 0.785. The van der Waals surface area contributed by atoms with E-state index in [-0.39, 0.29) is 11.8 Å². The first-order chi connectivity index (χ1) is 9.78. The summed E-state index contributed by atoms with van der Waals surface area (Å²) in [6, 6.07) is 0. The maximum absolute atomic E-state index is 12.6. The Kier molecular flexibility index (Phi) is 3.87. The average molecular weight is 275 g/mol. The molecule has 2 heterocycles. The first-order valence-electron chi connectivity index (χ1n) is 7.20. The zero-order chi connectivity index (χ0) is 13.9. The second-order valence-corrected chi connectivity index (χ2v) is 5.68. The third-order valence-electron chi connectivity index (χ3n) is 4.14. The fraction of sp³-hybridized carbons (Fsp3) is 0.600. The van der Waals surface area contributed by atoms with Crippen molar-refractivity contribution in [3.8, 4) is 0 Å². The van der Waals surface area contributed by atoms with Crippen molar-refractivity contribution in [3.63, 3.8) is 0 Å². The van der Waals surface area contributed by atoms with E-state index in [1.54, 1.807) is 7.11 Å². The van der Waals surface area contributed by atoms with Gasteiger partial charge in [0.05, 0.1) is 13.2 Å². The summed E-state index contributed by atoms with van der Waals surface area (Å²) in [6.45, 7) is 2.91. The minimum Gasteiger partial charge on any atom is -0.384 e. The van der Waals surface area contributed by atoms with Crippen molar-refractivity contribution < 1.29 is 9.53 Å². The molecule has 2 aliphatic rings. The van der Waals surface area contributed by atoms with Crippen LogP contribution in [0.3, 0.4) is 0 Å². The van der Waals surface area contributed by atoms with Gasteiger partial charge in [0.2, 0.25) is 5.91 Å². The lowest BCUT2D eigenvalue weighted by Crippen LogP contribution is -2.38. The van der Waals surface area contributed by atoms with Gasteiger partial charge in [0, 0.05) is 44.4 Å². The molecule has 20 heavy (non-hydrogen) atoms. The highest BCUT2D eigenvalue weighted by atomic mass is 16.5. The van der Waals surface area contributed by atoms with Gasteiger partial charge in [-0.25, -0.2) is 4.98 Å². The van der Waals surface area contributed by atoms with Crippen LogP contribution in [0.4, 0.5) is 0 Å². The number of hydrogen-bond acceptors (Lipinski definition) is 3. The van der Waals surface area contributed by atoms with E-state index >= 15 is 0 Å². The van der Waals surface area contributed by atoms with Crippen LogP contribution in [0, 0.1) is 11.8 Å². The normalized spacial score (nSPS) is 22.9. The Labute approximate surface area is 119 Å². The van der Waals surface area contributed by atoms with Gasteiger partial charge in [-0.15, -0.1) is 0 Å². The monoisotopic (exact) mass is 275 g/mol. The summed E-state index contributed by atoms with van der Waals surface area (Å²) in [4.78, 5) is 19.0. The number of hydrogen-bond donors (Lipinski definition) is 0. The zero-order valence-electron chi connectivity index (χ0n) is 11.9. The smallest absolute Gasteiger partial charge is 0.226 e. The predicted octanol–water partition coefficient (Wildman–Crippen LogP) is 1.45. The van der Waals surface area contributed by atoms with E-state index in [4.69, 9.17) is 4.74 Å². The molecule has 0 N–H and O–H groups in total. The van der Waals surface area contributed by atoms with Gasteiger partial charge >= 0.3 is 0 Å². The number of fused-ring (bicyclic) bond motifs is 1. The highest BCUT2D eigenvalue weighted by molar-refractivity contribution is 5.79. The summed E-state index contributed by atoms with van der Waals surface area (Å²) < 4.78 is 7.44. The molecule has 0 saturated carbocycles. The van der Waals surface area contributed by atoms with Crippen molar-refractivity contribution in [1.82, 2.24) is 14.5 Å². The second kappa shape index (κ2) is 5.79. The summed E-state index contributed by atoms with van der Waals surface area (Å²) >= 11 is 0. The highest BCUT2D eigenvalue weighted by Crippen LogP contribution is 2.24. The Morgan fingerprint density at radius 1 is 1.40 bits per heavy atom. The van der Waals surface area contributed by atoms with Crippen LogP contribution in [-0.2, 0) is 22.6 Å². The molecule has 1 aromatic rings. The SMILES string of the molecule is COCC1CN(C(=O)C2CC=CC2)Cc2nccn2C1. The summed E-state index contributed by atoms with van der Waals surface area (Å²) in [5, 5.41) is 0. The lowest BCUT2D eigenvalue weighted by atomic mass is 10.0. The van der Waals surface area contributed by atoms with Crippen LogP contribution in [-0.4, -0.2) is 40.6 Å². The van der Waals surface area contributed by atoms with Crippen molar-refractivity contribution in [1.29, 1.82) is 0 Å². The molecule has 5 heteroatoms. The molecule has 5 nitrogen and oxygen atoms in total. The number of rotatable bonds is 3. The van der Waals surface area contributed by atoms with Gasteiger partial charge in [-0.05, 0) is 12.8 Å². The van der Waals surface area contributed by atoms with E-state index in [1.165, 1.54) is 0 Å². The van der Waals surface area contributed by atoms with Gasteiger partial charge in [0.1, 0.15) is 5.82 Å². The van der Waals surface area contributed by atoms with Crippen molar-refractivity contribution >= 4 is 5.91 Å². The molecule has 3 rings (SSSR count). The zero-order valence-corrected chi connectivity index (χ0v) is 11.9. The molecule has 1 aliphatic carbocycles. The molecule has 108 valence electrons. The number of allylic oxidation sites excluding steroid dienone is 2. The Morgan fingerprint density at radius 2 is 2.20 bits per heavy atom. The van der Waals surface area contributed by atoms with E-state index in [0.717, 1.165) is 31.8 Å². The van der Waals surface area contributed by atoms with Gasteiger partial charge in [0.15, 0.2) is 0 Å². The van der Waals surface area contributed by atoms with E-state index in [1.807, 2.05) is 17.3 Å². The molecular formula is C15H21N3O2. The molecule has 0 radical (unpaired) electrons. The van der Waals surface area contributed by atoms with Crippen LogP contribution in [0.25, 0.3) is 0 Å². The summed E-state index contributed by atoms with van der Waals surface area (Å²) in [5.74, 6) is 1.68. The fourth-order valence-corrected chi connectivity index (χ4v) is 3.13. The Hall–Kier alpha value is -1.62. The molecule has 0 fully saturated rings. The number of nitrogens with zero attached hydrogens (tertiary/aromatic N) is 3. The molecule has 0 aromatic carbocycles. The first-order valence-corrected chi connectivity index (χ1v) is 7.20. The maximum atomic E-state index is 12.6. The van der Waals surface area contributed by atoms with Crippen LogP contribution >= 0.6 is 0 Å². The number of imidazole rings is 1.